The summed E-state index contributed by atoms with van der Waals surface area (Å²) in [6, 6.07) is -0.856. The number of halogens is 1. The minimum atomic E-state index is -2.13. The Bertz CT molecular complexity index is 731. The fourth-order valence-electron chi connectivity index (χ4n) is 3.40. The highest BCUT2D eigenvalue weighted by Gasteiger charge is 2.47. The molecule has 0 aromatic rings. The van der Waals surface area contributed by atoms with Gasteiger partial charge in [-0.15, -0.1) is 0 Å². The number of carbonyl (C=O) groups is 3. The average Bonchev–Trinajstić information content (AvgIpc) is 2.71. The number of alkyl halides is 1. The molecule has 1 atom stereocenters. The summed E-state index contributed by atoms with van der Waals surface area (Å²) >= 11 is 0. The molecule has 0 aliphatic carbocycles. The van der Waals surface area contributed by atoms with Crippen LogP contribution in [0, 0.1) is 17.8 Å². The van der Waals surface area contributed by atoms with Crippen LogP contribution in [0.2, 0.25) is 0 Å². The van der Waals surface area contributed by atoms with Crippen molar-refractivity contribution in [1.29, 1.82) is 0 Å². The number of ether oxygens (including phenoxy) is 1. The predicted molar refractivity (Wildman–Crippen MR) is 122 cm³/mol. The van der Waals surface area contributed by atoms with Crippen molar-refractivity contribution in [3.63, 3.8) is 0 Å². The van der Waals surface area contributed by atoms with Crippen LogP contribution in [0.5, 0.6) is 0 Å². The summed E-state index contributed by atoms with van der Waals surface area (Å²) < 4.78 is 20.9. The maximum Gasteiger partial charge on any atom is 0.329 e. The van der Waals surface area contributed by atoms with Gasteiger partial charge in [0.2, 0.25) is 0 Å². The molecule has 0 aromatic heterocycles. The van der Waals surface area contributed by atoms with Gasteiger partial charge in [0, 0.05) is 33.0 Å². The minimum absolute atomic E-state index is 0.0965. The van der Waals surface area contributed by atoms with Gasteiger partial charge < -0.3 is 14.5 Å². The second-order valence-corrected chi connectivity index (χ2v) is 9.59. The monoisotopic (exact) mass is 453 g/mol. The second kappa shape index (κ2) is 11.6. The number of esters is 1. The number of carbonyl (C=O) groups excluding carboxylic acids is 3. The molecule has 1 heterocycles. The first-order valence-corrected chi connectivity index (χ1v) is 11.4. The molecular weight excluding hydrogens is 413 g/mol. The van der Waals surface area contributed by atoms with E-state index in [-0.39, 0.29) is 44.4 Å². The molecule has 182 valence electrons. The standard InChI is InChI=1S/C24H40FN3O4/c1-9-10-17-32-21(30)20(18(2)3)27(8)22(31)24(25)13-15-28(16-14-24)19(29)11-12-23(4,5)26(6)7/h18,20H,9-10,13-17H2,1-8H3/t20-/m0/s1. The van der Waals surface area contributed by atoms with E-state index in [9.17, 15) is 14.4 Å². The maximum atomic E-state index is 15.6. The maximum absolute atomic E-state index is 15.6. The summed E-state index contributed by atoms with van der Waals surface area (Å²) in [5.74, 6) is 3.73. The number of likely N-dealkylation sites (N-methyl/N-ethyl adjacent to an activating group) is 1. The number of rotatable bonds is 8. The molecule has 2 amide bonds. The first kappa shape index (κ1) is 27.9. The molecule has 32 heavy (non-hydrogen) atoms. The molecule has 8 heteroatoms. The van der Waals surface area contributed by atoms with E-state index >= 15 is 4.39 Å². The number of hydrogen-bond acceptors (Lipinski definition) is 5. The lowest BCUT2D eigenvalue weighted by atomic mass is 9.90. The molecular formula is C24H40FN3O4. The Morgan fingerprint density at radius 3 is 2.19 bits per heavy atom. The van der Waals surface area contributed by atoms with Crippen LogP contribution in [0.15, 0.2) is 0 Å². The van der Waals surface area contributed by atoms with Gasteiger partial charge in [-0.3, -0.25) is 14.5 Å². The molecule has 7 nitrogen and oxygen atoms in total. The molecule has 0 unspecified atom stereocenters. The summed E-state index contributed by atoms with van der Waals surface area (Å²) in [6.07, 6.45) is 1.36. The van der Waals surface area contributed by atoms with Crippen LogP contribution in [-0.4, -0.2) is 90.6 Å². The molecule has 0 aromatic carbocycles. The van der Waals surface area contributed by atoms with Crippen LogP contribution in [0.3, 0.4) is 0 Å². The summed E-state index contributed by atoms with van der Waals surface area (Å²) in [4.78, 5) is 42.5. The molecule has 0 bridgehead atoms. The molecule has 0 N–H and O–H groups in total. The topological polar surface area (TPSA) is 70.2 Å². The summed E-state index contributed by atoms with van der Waals surface area (Å²) in [6.45, 7) is 9.88. The Morgan fingerprint density at radius 2 is 1.72 bits per heavy atom. The zero-order valence-corrected chi connectivity index (χ0v) is 21.0. The van der Waals surface area contributed by atoms with Gasteiger partial charge in [-0.25, -0.2) is 9.18 Å². The SMILES string of the molecule is CCCCOC(=O)[C@H](C(C)C)N(C)C(=O)C1(F)CCN(C(=O)C#CC(C)(C)N(C)C)CC1. The zero-order chi connectivity index (χ0) is 24.7. The van der Waals surface area contributed by atoms with E-state index in [1.165, 1.54) is 16.8 Å². The minimum Gasteiger partial charge on any atom is -0.464 e. The summed E-state index contributed by atoms with van der Waals surface area (Å²) in [5, 5.41) is 0. The van der Waals surface area contributed by atoms with Crippen LogP contribution in [0.4, 0.5) is 4.39 Å². The van der Waals surface area contributed by atoms with Crippen molar-refractivity contribution in [2.45, 2.75) is 77.6 Å². The molecule has 1 aliphatic rings. The van der Waals surface area contributed by atoms with E-state index in [0.717, 1.165) is 12.8 Å². The van der Waals surface area contributed by atoms with Crippen LogP contribution in [-0.2, 0) is 19.1 Å². The quantitative estimate of drug-likeness (QED) is 0.321. The number of piperidine rings is 1. The van der Waals surface area contributed by atoms with E-state index in [0.29, 0.717) is 0 Å². The van der Waals surface area contributed by atoms with Crippen molar-refractivity contribution in [2.24, 2.45) is 5.92 Å². The van der Waals surface area contributed by atoms with Gasteiger partial charge in [-0.05, 0) is 46.2 Å². The number of hydrogen-bond donors (Lipinski definition) is 0. The fraction of sp³-hybridized carbons (Fsp3) is 0.792. The first-order chi connectivity index (χ1) is 14.8. The Hall–Kier alpha value is -2.14. The van der Waals surface area contributed by atoms with E-state index in [4.69, 9.17) is 4.74 Å². The summed E-state index contributed by atoms with van der Waals surface area (Å²) in [7, 11) is 5.20. The van der Waals surface area contributed by atoms with Crippen LogP contribution in [0.1, 0.15) is 60.3 Å². The third-order valence-electron chi connectivity index (χ3n) is 6.17. The highest BCUT2D eigenvalue weighted by Crippen LogP contribution is 2.30. The third-order valence-corrected chi connectivity index (χ3v) is 6.17. The van der Waals surface area contributed by atoms with E-state index < -0.39 is 29.1 Å². The Kier molecular flexibility index (Phi) is 10.2. The fourth-order valence-corrected chi connectivity index (χ4v) is 3.40. The van der Waals surface area contributed by atoms with Crippen molar-refractivity contribution in [1.82, 2.24) is 14.7 Å². The zero-order valence-electron chi connectivity index (χ0n) is 21.0. The van der Waals surface area contributed by atoms with Gasteiger partial charge in [-0.2, -0.15) is 0 Å². The molecule has 0 spiro atoms. The Balaban J connectivity index is 2.82. The van der Waals surface area contributed by atoms with E-state index in [1.807, 2.05) is 39.8 Å². The first-order valence-electron chi connectivity index (χ1n) is 11.4. The van der Waals surface area contributed by atoms with Gasteiger partial charge in [0.1, 0.15) is 6.04 Å². The molecule has 1 rings (SSSR count). The summed E-state index contributed by atoms with van der Waals surface area (Å²) in [5.41, 5.74) is -2.59. The lowest BCUT2D eigenvalue weighted by Gasteiger charge is -2.39. The van der Waals surface area contributed by atoms with Crippen LogP contribution >= 0.6 is 0 Å². The average molecular weight is 454 g/mol. The lowest BCUT2D eigenvalue weighted by molar-refractivity contribution is -0.162. The van der Waals surface area contributed by atoms with Crippen molar-refractivity contribution in [2.75, 3.05) is 40.8 Å². The molecule has 1 aliphatic heterocycles. The van der Waals surface area contributed by atoms with Gasteiger partial charge in [-0.1, -0.05) is 33.1 Å². The van der Waals surface area contributed by atoms with Crippen molar-refractivity contribution in [3.8, 4) is 11.8 Å². The van der Waals surface area contributed by atoms with Gasteiger partial charge in [0.05, 0.1) is 12.1 Å². The largest absolute Gasteiger partial charge is 0.464 e. The van der Waals surface area contributed by atoms with Gasteiger partial charge >= 0.3 is 5.97 Å². The number of likely N-dealkylation sites (tertiary alicyclic amines) is 1. The highest BCUT2D eigenvalue weighted by atomic mass is 19.1. The number of unbranched alkanes of at least 4 members (excludes halogenated alkanes) is 1. The predicted octanol–water partition coefficient (Wildman–Crippen LogP) is 2.49. The van der Waals surface area contributed by atoms with Gasteiger partial charge in [0.15, 0.2) is 5.67 Å². The van der Waals surface area contributed by atoms with Crippen molar-refractivity contribution < 1.29 is 23.5 Å². The Labute approximate surface area is 192 Å². The molecule has 0 radical (unpaired) electrons. The normalized spacial score (nSPS) is 16.9. The second-order valence-electron chi connectivity index (χ2n) is 9.59. The van der Waals surface area contributed by atoms with Gasteiger partial charge in [0.25, 0.3) is 11.8 Å². The third kappa shape index (κ3) is 7.19. The number of amides is 2. The van der Waals surface area contributed by atoms with Crippen LogP contribution < -0.4 is 0 Å². The Morgan fingerprint density at radius 1 is 1.16 bits per heavy atom. The number of nitrogens with zero attached hydrogens (tertiary/aromatic N) is 3. The smallest absolute Gasteiger partial charge is 0.329 e. The van der Waals surface area contributed by atoms with E-state index in [1.54, 1.807) is 13.8 Å². The van der Waals surface area contributed by atoms with Crippen molar-refractivity contribution in [3.05, 3.63) is 0 Å². The molecule has 0 saturated carbocycles. The van der Waals surface area contributed by atoms with Crippen molar-refractivity contribution >= 4 is 17.8 Å². The molecule has 1 fully saturated rings. The van der Waals surface area contributed by atoms with Crippen LogP contribution in [0.25, 0.3) is 0 Å². The lowest BCUT2D eigenvalue weighted by Crippen LogP contribution is -2.57. The van der Waals surface area contributed by atoms with E-state index in [2.05, 4.69) is 11.8 Å². The highest BCUT2D eigenvalue weighted by molar-refractivity contribution is 5.94. The molecule has 1 saturated heterocycles.